The minimum Gasteiger partial charge on any atom is -0.494 e. The third-order valence-corrected chi connectivity index (χ3v) is 3.80. The molecule has 2 N–H and O–H groups in total. The number of nitrogens with zero attached hydrogens (tertiary/aromatic N) is 2. The summed E-state index contributed by atoms with van der Waals surface area (Å²) in [6.07, 6.45) is 6.57. The van der Waals surface area contributed by atoms with Crippen molar-refractivity contribution in [1.82, 2.24) is 9.55 Å². The number of methoxy groups -OCH3 is 1. The van der Waals surface area contributed by atoms with Gasteiger partial charge in [-0.1, -0.05) is 0 Å². The highest BCUT2D eigenvalue weighted by molar-refractivity contribution is 6.03. The molecule has 6 heteroatoms. The third-order valence-electron chi connectivity index (χ3n) is 3.80. The quantitative estimate of drug-likeness (QED) is 0.913. The van der Waals surface area contributed by atoms with E-state index in [0.29, 0.717) is 17.1 Å². The zero-order valence-electron chi connectivity index (χ0n) is 12.8. The zero-order chi connectivity index (χ0) is 15.5. The molecule has 0 saturated carbocycles. The Balaban J connectivity index is 1.89. The molecule has 0 spiro atoms. The van der Waals surface area contributed by atoms with E-state index >= 15 is 0 Å². The van der Waals surface area contributed by atoms with Crippen molar-refractivity contribution < 1.29 is 9.53 Å². The summed E-state index contributed by atoms with van der Waals surface area (Å²) in [5.41, 5.74) is 3.36. The van der Waals surface area contributed by atoms with Gasteiger partial charge in [-0.25, -0.2) is 4.98 Å². The first-order valence-electron chi connectivity index (χ1n) is 7.41. The Morgan fingerprint density at radius 2 is 2.27 bits per heavy atom. The van der Waals surface area contributed by atoms with E-state index in [9.17, 15) is 4.79 Å². The number of aryl methyl sites for hydroxylation is 2. The predicted octanol–water partition coefficient (Wildman–Crippen LogP) is 2.43. The molecule has 1 aromatic heterocycles. The topological polar surface area (TPSA) is 68.2 Å². The van der Waals surface area contributed by atoms with Crippen molar-refractivity contribution in [3.63, 3.8) is 0 Å². The van der Waals surface area contributed by atoms with Crippen LogP contribution in [0.25, 0.3) is 0 Å². The normalized spacial score (nSPS) is 13.7. The van der Waals surface area contributed by atoms with Crippen LogP contribution < -0.4 is 15.4 Å². The van der Waals surface area contributed by atoms with Gasteiger partial charge in [-0.05, 0) is 30.9 Å². The van der Waals surface area contributed by atoms with E-state index in [1.165, 1.54) is 5.56 Å². The van der Waals surface area contributed by atoms with Gasteiger partial charge in [0.2, 0.25) is 0 Å². The summed E-state index contributed by atoms with van der Waals surface area (Å²) in [7, 11) is 3.44. The van der Waals surface area contributed by atoms with Crippen LogP contribution in [-0.2, 0) is 13.5 Å². The van der Waals surface area contributed by atoms with Gasteiger partial charge in [0.25, 0.3) is 5.91 Å². The average molecular weight is 300 g/mol. The minimum atomic E-state index is -0.236. The highest BCUT2D eigenvalue weighted by atomic mass is 16.5. The van der Waals surface area contributed by atoms with E-state index in [0.717, 1.165) is 31.5 Å². The second kappa shape index (κ2) is 6.09. The van der Waals surface area contributed by atoms with E-state index in [-0.39, 0.29) is 5.91 Å². The Hall–Kier alpha value is -2.50. The van der Waals surface area contributed by atoms with E-state index in [1.807, 2.05) is 19.2 Å². The molecule has 0 unspecified atom stereocenters. The molecule has 3 rings (SSSR count). The summed E-state index contributed by atoms with van der Waals surface area (Å²) in [6, 6.07) is 3.95. The van der Waals surface area contributed by atoms with Crippen LogP contribution in [0.3, 0.4) is 0 Å². The number of hydrogen-bond donors (Lipinski definition) is 2. The van der Waals surface area contributed by atoms with Crippen LogP contribution in [0.2, 0.25) is 0 Å². The Bertz CT molecular complexity index is 693. The van der Waals surface area contributed by atoms with E-state index in [2.05, 4.69) is 15.6 Å². The molecule has 2 heterocycles. The first-order chi connectivity index (χ1) is 10.7. The summed E-state index contributed by atoms with van der Waals surface area (Å²) in [5, 5.41) is 6.30. The number of imidazole rings is 1. The summed E-state index contributed by atoms with van der Waals surface area (Å²) in [6.45, 7) is 0.968. The monoisotopic (exact) mass is 300 g/mol. The van der Waals surface area contributed by atoms with Gasteiger partial charge in [-0.2, -0.15) is 0 Å². The summed E-state index contributed by atoms with van der Waals surface area (Å²) >= 11 is 0. The van der Waals surface area contributed by atoms with Crippen LogP contribution in [0.4, 0.5) is 11.4 Å². The highest BCUT2D eigenvalue weighted by Crippen LogP contribution is 2.33. The lowest BCUT2D eigenvalue weighted by atomic mass is 10.1. The SMILES string of the molecule is COc1cc2c(cc1NC(=O)c1cn(C)cn1)CCCCN2. The molecule has 1 aromatic carbocycles. The molecular weight excluding hydrogens is 280 g/mol. The molecular formula is C16H20N4O2. The number of ether oxygens (including phenoxy) is 1. The Labute approximate surface area is 129 Å². The van der Waals surface area contributed by atoms with Gasteiger partial charge in [0.15, 0.2) is 0 Å². The fraction of sp³-hybridized carbons (Fsp3) is 0.375. The Morgan fingerprint density at radius 3 is 3.00 bits per heavy atom. The van der Waals surface area contributed by atoms with Crippen molar-refractivity contribution in [3.8, 4) is 5.75 Å². The fourth-order valence-electron chi connectivity index (χ4n) is 2.64. The maximum atomic E-state index is 12.3. The second-order valence-corrected chi connectivity index (χ2v) is 5.47. The molecule has 0 radical (unpaired) electrons. The first kappa shape index (κ1) is 14.4. The van der Waals surface area contributed by atoms with Crippen LogP contribution >= 0.6 is 0 Å². The molecule has 1 aliphatic rings. The molecule has 116 valence electrons. The van der Waals surface area contributed by atoms with Crippen LogP contribution in [-0.4, -0.2) is 29.1 Å². The summed E-state index contributed by atoms with van der Waals surface area (Å²) < 4.78 is 7.16. The average Bonchev–Trinajstić information content (AvgIpc) is 2.82. The minimum absolute atomic E-state index is 0.236. The molecule has 0 saturated heterocycles. The van der Waals surface area contributed by atoms with Crippen molar-refractivity contribution in [2.75, 3.05) is 24.3 Å². The summed E-state index contributed by atoms with van der Waals surface area (Å²) in [4.78, 5) is 16.3. The van der Waals surface area contributed by atoms with Crippen molar-refractivity contribution in [2.24, 2.45) is 7.05 Å². The smallest absolute Gasteiger partial charge is 0.275 e. The number of hydrogen-bond acceptors (Lipinski definition) is 4. The Kier molecular flexibility index (Phi) is 4.00. The molecule has 0 fully saturated rings. The predicted molar refractivity (Wildman–Crippen MR) is 85.6 cm³/mol. The number of carbonyl (C=O) groups excluding carboxylic acids is 1. The van der Waals surface area contributed by atoms with Crippen molar-refractivity contribution >= 4 is 17.3 Å². The van der Waals surface area contributed by atoms with Crippen LogP contribution in [0.5, 0.6) is 5.75 Å². The number of aromatic nitrogens is 2. The number of anilines is 2. The van der Waals surface area contributed by atoms with Gasteiger partial charge in [-0.3, -0.25) is 4.79 Å². The van der Waals surface area contributed by atoms with Crippen LogP contribution in [0, 0.1) is 0 Å². The van der Waals surface area contributed by atoms with E-state index < -0.39 is 0 Å². The summed E-state index contributed by atoms with van der Waals surface area (Å²) in [5.74, 6) is 0.415. The molecule has 6 nitrogen and oxygen atoms in total. The lowest BCUT2D eigenvalue weighted by Crippen LogP contribution is -2.13. The fourth-order valence-corrected chi connectivity index (χ4v) is 2.64. The van der Waals surface area contributed by atoms with Gasteiger partial charge in [0.1, 0.15) is 11.4 Å². The largest absolute Gasteiger partial charge is 0.494 e. The molecule has 0 aliphatic carbocycles. The lowest BCUT2D eigenvalue weighted by molar-refractivity contribution is 0.102. The van der Waals surface area contributed by atoms with Gasteiger partial charge < -0.3 is 19.9 Å². The van der Waals surface area contributed by atoms with Gasteiger partial charge >= 0.3 is 0 Å². The van der Waals surface area contributed by atoms with Crippen molar-refractivity contribution in [1.29, 1.82) is 0 Å². The van der Waals surface area contributed by atoms with E-state index in [1.54, 1.807) is 24.2 Å². The van der Waals surface area contributed by atoms with Gasteiger partial charge in [0.05, 0.1) is 19.1 Å². The second-order valence-electron chi connectivity index (χ2n) is 5.47. The molecule has 2 aromatic rings. The first-order valence-corrected chi connectivity index (χ1v) is 7.41. The number of nitrogens with one attached hydrogen (secondary N) is 2. The molecule has 0 atom stereocenters. The zero-order valence-corrected chi connectivity index (χ0v) is 12.8. The highest BCUT2D eigenvalue weighted by Gasteiger charge is 2.16. The van der Waals surface area contributed by atoms with E-state index in [4.69, 9.17) is 4.74 Å². The molecule has 1 amide bonds. The third kappa shape index (κ3) is 2.90. The standard InChI is InChI=1S/C16H20N4O2/c1-20-9-14(18-10-20)16(21)19-13-7-11-5-3-4-6-17-12(11)8-15(13)22-2/h7-10,17H,3-6H2,1-2H3,(H,19,21). The van der Waals surface area contributed by atoms with Crippen LogP contribution in [0.1, 0.15) is 28.9 Å². The van der Waals surface area contributed by atoms with Crippen LogP contribution in [0.15, 0.2) is 24.7 Å². The molecule has 0 bridgehead atoms. The lowest BCUT2D eigenvalue weighted by Gasteiger charge is -2.15. The molecule has 1 aliphatic heterocycles. The van der Waals surface area contributed by atoms with Crippen molar-refractivity contribution in [3.05, 3.63) is 35.9 Å². The number of amides is 1. The number of carbonyl (C=O) groups is 1. The maximum absolute atomic E-state index is 12.3. The molecule has 22 heavy (non-hydrogen) atoms. The maximum Gasteiger partial charge on any atom is 0.275 e. The van der Waals surface area contributed by atoms with Crippen molar-refractivity contribution in [2.45, 2.75) is 19.3 Å². The van der Waals surface area contributed by atoms with Gasteiger partial charge in [0, 0.05) is 31.5 Å². The van der Waals surface area contributed by atoms with Gasteiger partial charge in [-0.15, -0.1) is 0 Å². The number of fused-ring (bicyclic) bond motifs is 1. The number of rotatable bonds is 3. The number of benzene rings is 1. The Morgan fingerprint density at radius 1 is 1.41 bits per heavy atom.